The van der Waals surface area contributed by atoms with Gasteiger partial charge < -0.3 is 5.32 Å². The first kappa shape index (κ1) is 12.6. The van der Waals surface area contributed by atoms with E-state index in [9.17, 15) is 4.39 Å². The van der Waals surface area contributed by atoms with Crippen LogP contribution in [-0.4, -0.2) is 16.0 Å². The van der Waals surface area contributed by atoms with Gasteiger partial charge in [0.25, 0.3) is 0 Å². The van der Waals surface area contributed by atoms with Gasteiger partial charge in [-0.1, -0.05) is 12.1 Å². The first-order valence-electron chi connectivity index (χ1n) is 5.97. The van der Waals surface area contributed by atoms with E-state index in [-0.39, 0.29) is 5.82 Å². The third kappa shape index (κ3) is 3.89. The summed E-state index contributed by atoms with van der Waals surface area (Å²) in [7, 11) is 0. The minimum Gasteiger partial charge on any atom is -0.308 e. The monoisotopic (exact) mass is 245 g/mol. The second-order valence-corrected chi connectivity index (χ2v) is 4.31. The van der Waals surface area contributed by atoms with Gasteiger partial charge in [-0.05, 0) is 37.1 Å². The van der Waals surface area contributed by atoms with Gasteiger partial charge in [-0.2, -0.15) is 0 Å². The van der Waals surface area contributed by atoms with Crippen molar-refractivity contribution >= 4 is 0 Å². The van der Waals surface area contributed by atoms with Crippen LogP contribution >= 0.6 is 0 Å². The van der Waals surface area contributed by atoms with Gasteiger partial charge in [0, 0.05) is 18.8 Å². The smallest absolute Gasteiger partial charge is 0.123 e. The van der Waals surface area contributed by atoms with Gasteiger partial charge >= 0.3 is 0 Å². The third-order valence-electron chi connectivity index (χ3n) is 2.73. The van der Waals surface area contributed by atoms with Gasteiger partial charge in [-0.15, -0.1) is 0 Å². The van der Waals surface area contributed by atoms with Gasteiger partial charge in [0.15, 0.2) is 0 Å². The molecule has 1 N–H and O–H groups in total. The minimum absolute atomic E-state index is 0.194. The summed E-state index contributed by atoms with van der Waals surface area (Å²) in [6.07, 6.45) is 4.14. The molecule has 18 heavy (non-hydrogen) atoms. The van der Waals surface area contributed by atoms with Crippen molar-refractivity contribution < 1.29 is 4.39 Å². The van der Waals surface area contributed by atoms with Crippen LogP contribution in [0.25, 0.3) is 0 Å². The van der Waals surface area contributed by atoms with E-state index in [1.54, 1.807) is 12.5 Å². The van der Waals surface area contributed by atoms with E-state index in [0.29, 0.717) is 12.6 Å². The molecule has 0 saturated carbocycles. The molecule has 0 fully saturated rings. The summed E-state index contributed by atoms with van der Waals surface area (Å²) >= 11 is 0. The van der Waals surface area contributed by atoms with Crippen LogP contribution in [0.4, 0.5) is 4.39 Å². The Morgan fingerprint density at radius 1 is 1.22 bits per heavy atom. The van der Waals surface area contributed by atoms with E-state index in [1.165, 1.54) is 12.1 Å². The van der Waals surface area contributed by atoms with Crippen molar-refractivity contribution in [2.75, 3.05) is 0 Å². The second-order valence-electron chi connectivity index (χ2n) is 4.31. The number of rotatable bonds is 5. The largest absolute Gasteiger partial charge is 0.308 e. The fraction of sp³-hybridized carbons (Fsp3) is 0.286. The van der Waals surface area contributed by atoms with Gasteiger partial charge in [0.1, 0.15) is 12.1 Å². The van der Waals surface area contributed by atoms with Crippen LogP contribution in [-0.2, 0) is 13.0 Å². The molecule has 0 aliphatic rings. The number of nitrogens with zero attached hydrogens (tertiary/aromatic N) is 2. The average molecular weight is 245 g/mol. The highest BCUT2D eigenvalue weighted by Gasteiger charge is 2.03. The molecule has 2 aromatic rings. The van der Waals surface area contributed by atoms with Crippen molar-refractivity contribution in [2.24, 2.45) is 0 Å². The summed E-state index contributed by atoms with van der Waals surface area (Å²) in [6, 6.07) is 8.82. The van der Waals surface area contributed by atoms with Crippen molar-refractivity contribution in [1.82, 2.24) is 15.3 Å². The summed E-state index contributed by atoms with van der Waals surface area (Å²) in [4.78, 5) is 8.02. The molecule has 0 saturated heterocycles. The number of benzene rings is 1. The van der Waals surface area contributed by atoms with E-state index in [0.717, 1.165) is 17.7 Å². The first-order valence-corrected chi connectivity index (χ1v) is 5.97. The molecule has 0 aliphatic heterocycles. The van der Waals surface area contributed by atoms with E-state index in [1.807, 2.05) is 18.2 Å². The van der Waals surface area contributed by atoms with Gasteiger partial charge in [0.2, 0.25) is 0 Å². The molecule has 0 aliphatic carbocycles. The molecule has 3 nitrogen and oxygen atoms in total. The molecular weight excluding hydrogens is 229 g/mol. The van der Waals surface area contributed by atoms with Gasteiger partial charge in [-0.3, -0.25) is 0 Å². The predicted octanol–water partition coefficient (Wildman–Crippen LogP) is 2.34. The maximum atomic E-state index is 12.8. The summed E-state index contributed by atoms with van der Waals surface area (Å²) in [5, 5.41) is 3.38. The maximum absolute atomic E-state index is 12.8. The molecule has 0 spiro atoms. The normalized spacial score (nSPS) is 12.3. The van der Waals surface area contributed by atoms with Gasteiger partial charge in [0.05, 0.1) is 5.69 Å². The quantitative estimate of drug-likeness (QED) is 0.878. The molecule has 1 aromatic carbocycles. The fourth-order valence-electron chi connectivity index (χ4n) is 1.75. The Kier molecular flexibility index (Phi) is 4.36. The Balaban J connectivity index is 1.82. The zero-order valence-corrected chi connectivity index (χ0v) is 10.3. The van der Waals surface area contributed by atoms with Crippen LogP contribution in [0.2, 0.25) is 0 Å². The Labute approximate surface area is 106 Å². The van der Waals surface area contributed by atoms with Crippen LogP contribution in [0.5, 0.6) is 0 Å². The van der Waals surface area contributed by atoms with Crippen molar-refractivity contribution in [3.8, 4) is 0 Å². The third-order valence-corrected chi connectivity index (χ3v) is 2.73. The number of hydrogen-bond acceptors (Lipinski definition) is 3. The molecule has 94 valence electrons. The predicted molar refractivity (Wildman–Crippen MR) is 68.4 cm³/mol. The lowest BCUT2D eigenvalue weighted by atomic mass is 10.1. The molecule has 2 rings (SSSR count). The van der Waals surface area contributed by atoms with E-state index in [4.69, 9.17) is 0 Å². The molecule has 0 bridgehead atoms. The van der Waals surface area contributed by atoms with Crippen LogP contribution in [0.15, 0.2) is 42.9 Å². The summed E-state index contributed by atoms with van der Waals surface area (Å²) < 4.78 is 12.8. The standard InChI is InChI=1S/C14H16FN3/c1-11(8-12-2-4-13(15)5-3-12)17-9-14-6-7-16-10-18-14/h2-7,10-11,17H,8-9H2,1H3. The molecule has 1 heterocycles. The fourth-order valence-corrected chi connectivity index (χ4v) is 1.75. The molecule has 4 heteroatoms. The highest BCUT2D eigenvalue weighted by molar-refractivity contribution is 5.17. The molecule has 0 radical (unpaired) electrons. The highest BCUT2D eigenvalue weighted by Crippen LogP contribution is 2.06. The van der Waals surface area contributed by atoms with Crippen LogP contribution < -0.4 is 5.32 Å². The number of hydrogen-bond donors (Lipinski definition) is 1. The maximum Gasteiger partial charge on any atom is 0.123 e. The SMILES string of the molecule is CC(Cc1ccc(F)cc1)NCc1ccncn1. The number of halogens is 1. The lowest BCUT2D eigenvalue weighted by molar-refractivity contribution is 0.538. The van der Waals surface area contributed by atoms with Crippen LogP contribution in [0, 0.1) is 5.82 Å². The lowest BCUT2D eigenvalue weighted by Gasteiger charge is -2.13. The molecule has 1 aromatic heterocycles. The van der Waals surface area contributed by atoms with Crippen molar-refractivity contribution in [3.05, 3.63) is 59.9 Å². The Bertz CT molecular complexity index is 470. The Hall–Kier alpha value is -1.81. The van der Waals surface area contributed by atoms with Crippen molar-refractivity contribution in [2.45, 2.75) is 25.9 Å². The highest BCUT2D eigenvalue weighted by atomic mass is 19.1. The van der Waals surface area contributed by atoms with Crippen LogP contribution in [0.3, 0.4) is 0 Å². The molecular formula is C14H16FN3. The Morgan fingerprint density at radius 3 is 2.67 bits per heavy atom. The topological polar surface area (TPSA) is 37.8 Å². The van der Waals surface area contributed by atoms with E-state index in [2.05, 4.69) is 22.2 Å². The summed E-state index contributed by atoms with van der Waals surface area (Å²) in [5.74, 6) is -0.194. The summed E-state index contributed by atoms with van der Waals surface area (Å²) in [6.45, 7) is 2.81. The first-order chi connectivity index (χ1) is 8.74. The van der Waals surface area contributed by atoms with Crippen LogP contribution in [0.1, 0.15) is 18.2 Å². The zero-order valence-electron chi connectivity index (χ0n) is 10.3. The van der Waals surface area contributed by atoms with Crippen molar-refractivity contribution in [3.63, 3.8) is 0 Å². The minimum atomic E-state index is -0.194. The average Bonchev–Trinajstić information content (AvgIpc) is 2.40. The van der Waals surface area contributed by atoms with E-state index < -0.39 is 0 Å². The molecule has 0 amide bonds. The number of nitrogens with one attached hydrogen (secondary N) is 1. The van der Waals surface area contributed by atoms with E-state index >= 15 is 0 Å². The summed E-state index contributed by atoms with van der Waals surface area (Å²) in [5.41, 5.74) is 2.09. The van der Waals surface area contributed by atoms with Crippen molar-refractivity contribution in [1.29, 1.82) is 0 Å². The second kappa shape index (κ2) is 6.21. The lowest BCUT2D eigenvalue weighted by Crippen LogP contribution is -2.27. The number of aromatic nitrogens is 2. The van der Waals surface area contributed by atoms with Gasteiger partial charge in [-0.25, -0.2) is 14.4 Å². The Morgan fingerprint density at radius 2 is 2.00 bits per heavy atom. The molecule has 1 atom stereocenters. The zero-order chi connectivity index (χ0) is 12.8. The molecule has 1 unspecified atom stereocenters.